The maximum Gasteiger partial charge on any atom is 0.274 e. The van der Waals surface area contributed by atoms with Crippen molar-refractivity contribution in [3.05, 3.63) is 106 Å². The van der Waals surface area contributed by atoms with Gasteiger partial charge in [-0.2, -0.15) is 0 Å². The van der Waals surface area contributed by atoms with Gasteiger partial charge in [-0.15, -0.1) is 0 Å². The van der Waals surface area contributed by atoms with E-state index in [1.807, 2.05) is 60.7 Å². The van der Waals surface area contributed by atoms with E-state index < -0.39 is 5.91 Å². The van der Waals surface area contributed by atoms with Crippen LogP contribution < -0.4 is 10.8 Å². The molecule has 2 amide bonds. The lowest BCUT2D eigenvalue weighted by Gasteiger charge is -2.08. The van der Waals surface area contributed by atoms with Crippen molar-refractivity contribution >= 4 is 27.7 Å². The Morgan fingerprint density at radius 2 is 1.56 bits per heavy atom. The van der Waals surface area contributed by atoms with Gasteiger partial charge in [0.1, 0.15) is 5.69 Å². The zero-order chi connectivity index (χ0) is 22.5. The second-order valence-electron chi connectivity index (χ2n) is 7.17. The van der Waals surface area contributed by atoms with Gasteiger partial charge < -0.3 is 10.3 Å². The Balaban J connectivity index is 1.60. The van der Waals surface area contributed by atoms with E-state index in [0.717, 1.165) is 32.4 Å². The maximum atomic E-state index is 13.1. The van der Waals surface area contributed by atoms with Gasteiger partial charge in [-0.25, -0.2) is 5.48 Å². The molecule has 0 bridgehead atoms. The molecule has 0 aliphatic heterocycles. The summed E-state index contributed by atoms with van der Waals surface area (Å²) in [7, 11) is 0. The summed E-state index contributed by atoms with van der Waals surface area (Å²) in [6, 6.07) is 26.2. The van der Waals surface area contributed by atoms with Gasteiger partial charge in [0.05, 0.1) is 0 Å². The molecule has 4 N–H and O–H groups in total. The number of carbonyl (C=O) groups excluding carboxylic acids is 2. The Morgan fingerprint density at radius 3 is 2.25 bits per heavy atom. The van der Waals surface area contributed by atoms with Gasteiger partial charge in [0.15, 0.2) is 0 Å². The van der Waals surface area contributed by atoms with Crippen molar-refractivity contribution in [3.63, 3.8) is 0 Å². The van der Waals surface area contributed by atoms with Crippen molar-refractivity contribution in [2.75, 3.05) is 0 Å². The molecule has 4 aromatic rings. The number of aromatic nitrogens is 1. The molecule has 0 radical (unpaired) electrons. The molecule has 160 valence electrons. The lowest BCUT2D eigenvalue weighted by atomic mass is 10.0. The number of rotatable bonds is 6. The zero-order valence-corrected chi connectivity index (χ0v) is 18.5. The van der Waals surface area contributed by atoms with Gasteiger partial charge in [0.2, 0.25) is 0 Å². The van der Waals surface area contributed by atoms with Crippen LogP contribution in [0.5, 0.6) is 0 Å². The molecule has 6 nitrogen and oxygen atoms in total. The number of carbonyl (C=O) groups is 2. The summed E-state index contributed by atoms with van der Waals surface area (Å²) in [6.45, 7) is 0.289. The van der Waals surface area contributed by atoms with E-state index in [2.05, 4.69) is 26.2 Å². The minimum atomic E-state index is -0.584. The monoisotopic (exact) mass is 489 g/mol. The smallest absolute Gasteiger partial charge is 0.274 e. The molecule has 1 aromatic heterocycles. The normalized spacial score (nSPS) is 10.6. The van der Waals surface area contributed by atoms with Crippen LogP contribution in [0.1, 0.15) is 26.4 Å². The van der Waals surface area contributed by atoms with Gasteiger partial charge in [0.25, 0.3) is 11.8 Å². The van der Waals surface area contributed by atoms with Crippen LogP contribution in [-0.2, 0) is 6.54 Å². The Bertz CT molecular complexity index is 1250. The third kappa shape index (κ3) is 4.80. The fraction of sp³-hybridized carbons (Fsp3) is 0.0400. The Kier molecular flexibility index (Phi) is 6.49. The summed E-state index contributed by atoms with van der Waals surface area (Å²) in [5, 5.41) is 11.7. The van der Waals surface area contributed by atoms with Crippen molar-refractivity contribution in [3.8, 4) is 22.4 Å². The van der Waals surface area contributed by atoms with Gasteiger partial charge >= 0.3 is 0 Å². The van der Waals surface area contributed by atoms with Gasteiger partial charge in [-0.3, -0.25) is 14.8 Å². The van der Waals surface area contributed by atoms with E-state index in [-0.39, 0.29) is 12.5 Å². The summed E-state index contributed by atoms with van der Waals surface area (Å²) < 4.78 is 0.927. The number of aromatic amines is 1. The van der Waals surface area contributed by atoms with E-state index in [4.69, 9.17) is 5.21 Å². The number of hydrogen-bond donors (Lipinski definition) is 4. The fourth-order valence-electron chi connectivity index (χ4n) is 3.40. The van der Waals surface area contributed by atoms with E-state index >= 15 is 0 Å². The highest BCUT2D eigenvalue weighted by Gasteiger charge is 2.18. The topological polar surface area (TPSA) is 94.2 Å². The van der Waals surface area contributed by atoms with Crippen LogP contribution in [0, 0.1) is 0 Å². The Hall–Kier alpha value is -3.68. The van der Waals surface area contributed by atoms with E-state index in [9.17, 15) is 9.59 Å². The lowest BCUT2D eigenvalue weighted by Crippen LogP contribution is -2.24. The molecule has 0 aliphatic rings. The van der Waals surface area contributed by atoms with Crippen molar-refractivity contribution in [1.29, 1.82) is 0 Å². The Labute approximate surface area is 193 Å². The molecule has 0 spiro atoms. The SMILES string of the molecule is O=C(NO)c1ccc(CNC(=O)c2[nH]c(-c3ccccc3)cc2-c2cccc(Br)c2)cc1. The lowest BCUT2D eigenvalue weighted by molar-refractivity contribution is 0.0706. The first-order chi connectivity index (χ1) is 15.5. The number of benzene rings is 3. The molecule has 32 heavy (non-hydrogen) atoms. The standard InChI is InChI=1S/C25H20BrN3O3/c26-20-8-4-7-19(13-20)21-14-22(17-5-2-1-3-6-17)28-23(21)25(31)27-15-16-9-11-18(12-10-16)24(30)29-32/h1-14,28,32H,15H2,(H,27,31)(H,29,30). The van der Waals surface area contributed by atoms with E-state index in [1.165, 1.54) is 0 Å². The second kappa shape index (κ2) is 9.64. The quantitative estimate of drug-likeness (QED) is 0.222. The number of hydrogen-bond acceptors (Lipinski definition) is 3. The van der Waals surface area contributed by atoms with Gasteiger partial charge in [0, 0.05) is 27.8 Å². The van der Waals surface area contributed by atoms with Gasteiger partial charge in [-0.1, -0.05) is 70.5 Å². The van der Waals surface area contributed by atoms with Gasteiger partial charge in [-0.05, 0) is 47.0 Å². The molecular weight excluding hydrogens is 470 g/mol. The highest BCUT2D eigenvalue weighted by Crippen LogP contribution is 2.31. The molecule has 0 atom stereocenters. The van der Waals surface area contributed by atoms with Crippen LogP contribution in [0.25, 0.3) is 22.4 Å². The van der Waals surface area contributed by atoms with Crippen molar-refractivity contribution < 1.29 is 14.8 Å². The summed E-state index contributed by atoms with van der Waals surface area (Å²) in [5.41, 5.74) is 6.78. The molecule has 0 aliphatic carbocycles. The molecule has 0 saturated carbocycles. The molecule has 0 fully saturated rings. The first-order valence-corrected chi connectivity index (χ1v) is 10.7. The third-order valence-corrected chi connectivity index (χ3v) is 5.53. The van der Waals surface area contributed by atoms with Crippen LogP contribution >= 0.6 is 15.9 Å². The average Bonchev–Trinajstić information content (AvgIpc) is 3.29. The molecule has 0 saturated heterocycles. The molecule has 7 heteroatoms. The van der Waals surface area contributed by atoms with E-state index in [1.54, 1.807) is 29.7 Å². The molecular formula is C25H20BrN3O3. The molecule has 3 aromatic carbocycles. The van der Waals surface area contributed by atoms with Crippen LogP contribution in [0.3, 0.4) is 0 Å². The molecule has 1 heterocycles. The summed E-state index contributed by atoms with van der Waals surface area (Å²) in [6.07, 6.45) is 0. The van der Waals surface area contributed by atoms with Crippen LogP contribution in [-0.4, -0.2) is 22.0 Å². The van der Waals surface area contributed by atoms with Crippen molar-refractivity contribution in [2.24, 2.45) is 0 Å². The van der Waals surface area contributed by atoms with Crippen molar-refractivity contribution in [2.45, 2.75) is 6.54 Å². The summed E-state index contributed by atoms with van der Waals surface area (Å²) >= 11 is 3.50. The second-order valence-corrected chi connectivity index (χ2v) is 8.08. The zero-order valence-electron chi connectivity index (χ0n) is 16.9. The number of halogens is 1. The highest BCUT2D eigenvalue weighted by molar-refractivity contribution is 9.10. The average molecular weight is 490 g/mol. The fourth-order valence-corrected chi connectivity index (χ4v) is 3.80. The third-order valence-electron chi connectivity index (χ3n) is 5.04. The summed E-state index contributed by atoms with van der Waals surface area (Å²) in [5.74, 6) is -0.821. The van der Waals surface area contributed by atoms with E-state index in [0.29, 0.717) is 11.3 Å². The number of hydroxylamine groups is 1. The highest BCUT2D eigenvalue weighted by atomic mass is 79.9. The molecule has 0 unspecified atom stereocenters. The van der Waals surface area contributed by atoms with Crippen LogP contribution in [0.4, 0.5) is 0 Å². The van der Waals surface area contributed by atoms with Crippen molar-refractivity contribution in [1.82, 2.24) is 15.8 Å². The van der Waals surface area contributed by atoms with Crippen LogP contribution in [0.15, 0.2) is 89.4 Å². The first kappa shape index (κ1) is 21.5. The predicted molar refractivity (Wildman–Crippen MR) is 126 cm³/mol. The van der Waals surface area contributed by atoms with Crippen LogP contribution in [0.2, 0.25) is 0 Å². The number of H-pyrrole nitrogens is 1. The minimum Gasteiger partial charge on any atom is -0.350 e. The predicted octanol–water partition coefficient (Wildman–Crippen LogP) is 5.16. The maximum absolute atomic E-state index is 13.1. The number of amides is 2. The summed E-state index contributed by atoms with van der Waals surface area (Å²) in [4.78, 5) is 27.8. The number of nitrogens with one attached hydrogen (secondary N) is 3. The first-order valence-electron chi connectivity index (χ1n) is 9.91. The minimum absolute atomic E-state index is 0.237. The Morgan fingerprint density at radius 1 is 0.844 bits per heavy atom. The largest absolute Gasteiger partial charge is 0.350 e. The molecule has 4 rings (SSSR count).